The lowest BCUT2D eigenvalue weighted by Gasteiger charge is -2.32. The predicted molar refractivity (Wildman–Crippen MR) is 114 cm³/mol. The molecule has 0 saturated carbocycles. The van der Waals surface area contributed by atoms with Crippen molar-refractivity contribution in [1.29, 1.82) is 0 Å². The van der Waals surface area contributed by atoms with Gasteiger partial charge in [-0.2, -0.15) is 0 Å². The van der Waals surface area contributed by atoms with Gasteiger partial charge < -0.3 is 14.1 Å². The number of rotatable bonds is 4. The van der Waals surface area contributed by atoms with Crippen molar-refractivity contribution in [3.05, 3.63) is 68.5 Å². The van der Waals surface area contributed by atoms with Crippen LogP contribution in [0.15, 0.2) is 45.6 Å². The van der Waals surface area contributed by atoms with Gasteiger partial charge in [0.2, 0.25) is 0 Å². The van der Waals surface area contributed by atoms with E-state index in [-0.39, 0.29) is 5.63 Å². The van der Waals surface area contributed by atoms with Crippen LogP contribution in [0.2, 0.25) is 5.02 Å². The molecule has 5 heteroatoms. The highest BCUT2D eigenvalue weighted by Crippen LogP contribution is 2.40. The van der Waals surface area contributed by atoms with E-state index >= 15 is 0 Å². The topological polar surface area (TPSA) is 42.7 Å². The number of halogens is 1. The molecule has 1 aromatic heterocycles. The molecule has 0 fully saturated rings. The first-order chi connectivity index (χ1) is 13.5. The lowest BCUT2D eigenvalue weighted by Crippen LogP contribution is -2.32. The second-order valence-electron chi connectivity index (χ2n) is 7.36. The van der Waals surface area contributed by atoms with Gasteiger partial charge in [-0.3, -0.25) is 0 Å². The van der Waals surface area contributed by atoms with Gasteiger partial charge in [-0.15, -0.1) is 0 Å². The Bertz CT molecular complexity index is 1070. The van der Waals surface area contributed by atoms with Crippen LogP contribution in [0.25, 0.3) is 11.0 Å². The Morgan fingerprint density at radius 3 is 2.61 bits per heavy atom. The Kier molecular flexibility index (Phi) is 5.07. The Hall–Kier alpha value is -2.46. The largest absolute Gasteiger partial charge is 0.471 e. The van der Waals surface area contributed by atoms with Crippen LogP contribution < -0.4 is 15.3 Å². The smallest absolute Gasteiger partial charge is 0.336 e. The van der Waals surface area contributed by atoms with E-state index in [1.165, 1.54) is 5.56 Å². The molecule has 0 bridgehead atoms. The molecule has 0 radical (unpaired) electrons. The molecule has 0 spiro atoms. The summed E-state index contributed by atoms with van der Waals surface area (Å²) in [5, 5.41) is 1.43. The van der Waals surface area contributed by atoms with Gasteiger partial charge in [0.05, 0.1) is 17.1 Å². The van der Waals surface area contributed by atoms with Gasteiger partial charge in [0, 0.05) is 17.1 Å². The van der Waals surface area contributed by atoms with Gasteiger partial charge in [-0.25, -0.2) is 4.79 Å². The summed E-state index contributed by atoms with van der Waals surface area (Å²) in [4.78, 5) is 14.2. The molecule has 2 aromatic carbocycles. The van der Waals surface area contributed by atoms with Crippen LogP contribution in [0.3, 0.4) is 0 Å². The molecule has 1 unspecified atom stereocenters. The van der Waals surface area contributed by atoms with Crippen molar-refractivity contribution in [2.75, 3.05) is 11.6 Å². The molecule has 0 saturated heterocycles. The third-order valence-electron chi connectivity index (χ3n) is 5.66. The van der Waals surface area contributed by atoms with Gasteiger partial charge in [-0.05, 0) is 48.1 Å². The molecule has 0 aliphatic carbocycles. The molecule has 3 aromatic rings. The molecule has 4 rings (SSSR count). The monoisotopic (exact) mass is 397 g/mol. The van der Waals surface area contributed by atoms with Gasteiger partial charge in [0.1, 0.15) is 11.3 Å². The highest BCUT2D eigenvalue weighted by molar-refractivity contribution is 6.33. The molecule has 146 valence electrons. The molecule has 1 aliphatic heterocycles. The van der Waals surface area contributed by atoms with E-state index in [9.17, 15) is 4.79 Å². The number of fused-ring (bicyclic) bond motifs is 3. The minimum atomic E-state index is -0.344. The number of hydrogen-bond donors (Lipinski definition) is 0. The maximum atomic E-state index is 12.1. The van der Waals surface area contributed by atoms with Crippen molar-refractivity contribution in [1.82, 2.24) is 0 Å². The molecule has 0 amide bonds. The van der Waals surface area contributed by atoms with E-state index in [0.717, 1.165) is 35.0 Å². The average molecular weight is 398 g/mol. The van der Waals surface area contributed by atoms with Crippen molar-refractivity contribution in [3.63, 3.8) is 0 Å². The van der Waals surface area contributed by atoms with Crippen LogP contribution in [-0.4, -0.2) is 6.73 Å². The van der Waals surface area contributed by atoms with E-state index in [1.54, 1.807) is 6.07 Å². The highest BCUT2D eigenvalue weighted by atomic mass is 35.5. The summed E-state index contributed by atoms with van der Waals surface area (Å²) in [6, 6.07) is 12.0. The fourth-order valence-corrected chi connectivity index (χ4v) is 4.04. The minimum Gasteiger partial charge on any atom is -0.471 e. The summed E-state index contributed by atoms with van der Waals surface area (Å²) in [7, 11) is 0. The van der Waals surface area contributed by atoms with Crippen molar-refractivity contribution in [3.8, 4) is 5.75 Å². The van der Waals surface area contributed by atoms with Crippen LogP contribution in [0.4, 0.5) is 5.69 Å². The second kappa shape index (κ2) is 7.51. The van der Waals surface area contributed by atoms with E-state index in [4.69, 9.17) is 20.8 Å². The maximum absolute atomic E-state index is 12.1. The van der Waals surface area contributed by atoms with Crippen LogP contribution in [-0.2, 0) is 13.0 Å². The normalized spacial score (nSPS) is 14.6. The first kappa shape index (κ1) is 18.9. The van der Waals surface area contributed by atoms with Crippen LogP contribution >= 0.6 is 11.6 Å². The lowest BCUT2D eigenvalue weighted by atomic mass is 9.98. The number of aryl methyl sites for hydroxylation is 1. The van der Waals surface area contributed by atoms with Crippen LogP contribution in [0, 0.1) is 0 Å². The Morgan fingerprint density at radius 1 is 1.18 bits per heavy atom. The van der Waals surface area contributed by atoms with Crippen molar-refractivity contribution < 1.29 is 9.15 Å². The maximum Gasteiger partial charge on any atom is 0.336 e. The minimum absolute atomic E-state index is 0.344. The number of nitrogens with zero attached hydrogens (tertiary/aromatic N) is 1. The third kappa shape index (κ3) is 3.26. The SMILES string of the molecule is CCc1cc(=O)oc2c3c(c(Cl)cc12)OCN(c1ccc(C(C)CC)cc1)C3. The van der Waals surface area contributed by atoms with Gasteiger partial charge in [0.25, 0.3) is 0 Å². The zero-order valence-corrected chi connectivity index (χ0v) is 17.2. The quantitative estimate of drug-likeness (QED) is 0.515. The molecular formula is C23H24ClNO3. The summed E-state index contributed by atoms with van der Waals surface area (Å²) in [6.45, 7) is 7.42. The van der Waals surface area contributed by atoms with E-state index < -0.39 is 0 Å². The highest BCUT2D eigenvalue weighted by Gasteiger charge is 2.25. The van der Waals surface area contributed by atoms with Crippen LogP contribution in [0.5, 0.6) is 5.75 Å². The van der Waals surface area contributed by atoms with Crippen molar-refractivity contribution in [2.24, 2.45) is 0 Å². The van der Waals surface area contributed by atoms with Gasteiger partial charge >= 0.3 is 5.63 Å². The molecule has 4 nitrogen and oxygen atoms in total. The standard InChI is InChI=1S/C23H24ClNO3/c1-4-14(3)16-6-8-17(9-7-16)25-12-19-22-18(11-20(24)23(19)27-13-25)15(5-2)10-21(26)28-22/h6-11,14H,4-5,12-13H2,1-3H3. The van der Waals surface area contributed by atoms with Crippen LogP contribution in [0.1, 0.15) is 49.8 Å². The van der Waals surface area contributed by atoms with Gasteiger partial charge in [-0.1, -0.05) is 44.5 Å². The zero-order valence-electron chi connectivity index (χ0n) is 16.4. The summed E-state index contributed by atoms with van der Waals surface area (Å²) < 4.78 is 11.6. The summed E-state index contributed by atoms with van der Waals surface area (Å²) >= 11 is 6.49. The Morgan fingerprint density at radius 2 is 1.93 bits per heavy atom. The Balaban J connectivity index is 1.76. The van der Waals surface area contributed by atoms with Crippen molar-refractivity contribution in [2.45, 2.75) is 46.1 Å². The van der Waals surface area contributed by atoms with Crippen molar-refractivity contribution >= 4 is 28.3 Å². The summed E-state index contributed by atoms with van der Waals surface area (Å²) in [5.41, 5.74) is 4.39. The Labute approximate surface area is 169 Å². The second-order valence-corrected chi connectivity index (χ2v) is 7.77. The van der Waals surface area contributed by atoms with E-state index in [2.05, 4.69) is 43.0 Å². The zero-order chi connectivity index (χ0) is 19.8. The third-order valence-corrected chi connectivity index (χ3v) is 5.94. The predicted octanol–water partition coefficient (Wildman–Crippen LogP) is 5.88. The van der Waals surface area contributed by atoms with E-state index in [1.807, 2.05) is 13.0 Å². The van der Waals surface area contributed by atoms with Gasteiger partial charge in [0.15, 0.2) is 6.73 Å². The molecule has 1 aliphatic rings. The summed E-state index contributed by atoms with van der Waals surface area (Å²) in [6.07, 6.45) is 1.85. The summed E-state index contributed by atoms with van der Waals surface area (Å²) in [5.74, 6) is 1.15. The molecular weight excluding hydrogens is 374 g/mol. The number of benzene rings is 2. The number of anilines is 1. The number of hydrogen-bond acceptors (Lipinski definition) is 4. The number of ether oxygens (including phenoxy) is 1. The fourth-order valence-electron chi connectivity index (χ4n) is 3.76. The first-order valence-electron chi connectivity index (χ1n) is 9.77. The first-order valence-corrected chi connectivity index (χ1v) is 10.1. The lowest BCUT2D eigenvalue weighted by molar-refractivity contribution is 0.289. The molecule has 28 heavy (non-hydrogen) atoms. The molecule has 0 N–H and O–H groups in total. The van der Waals surface area contributed by atoms with E-state index in [0.29, 0.717) is 35.5 Å². The average Bonchev–Trinajstić information content (AvgIpc) is 2.73. The molecule has 1 atom stereocenters. The fraction of sp³-hybridized carbons (Fsp3) is 0.348. The molecule has 2 heterocycles.